The second-order valence-corrected chi connectivity index (χ2v) is 7.82. The van der Waals surface area contributed by atoms with Crippen molar-refractivity contribution in [1.82, 2.24) is 0 Å². The van der Waals surface area contributed by atoms with E-state index in [9.17, 15) is 5.11 Å². The van der Waals surface area contributed by atoms with Gasteiger partial charge < -0.3 is 10.4 Å². The zero-order valence-electron chi connectivity index (χ0n) is 13.3. The minimum atomic E-state index is 0.413. The van der Waals surface area contributed by atoms with E-state index in [1.165, 1.54) is 49.7 Å². The van der Waals surface area contributed by atoms with Crippen LogP contribution in [0.15, 0.2) is 12.1 Å². The van der Waals surface area contributed by atoms with Crippen LogP contribution in [0.4, 0.5) is 5.69 Å². The molecule has 1 aromatic carbocycles. The second-order valence-electron chi connectivity index (χ2n) is 7.82. The molecule has 3 aliphatic rings. The number of rotatable bonds is 1. The smallest absolute Gasteiger partial charge is 0.138 e. The van der Waals surface area contributed by atoms with E-state index in [0.29, 0.717) is 11.2 Å². The van der Waals surface area contributed by atoms with E-state index in [2.05, 4.69) is 18.3 Å². The van der Waals surface area contributed by atoms with Crippen molar-refractivity contribution in [2.45, 2.75) is 57.8 Å². The van der Waals surface area contributed by atoms with E-state index in [4.69, 9.17) is 0 Å². The van der Waals surface area contributed by atoms with Crippen LogP contribution in [0.1, 0.15) is 62.5 Å². The van der Waals surface area contributed by atoms with E-state index in [1.54, 1.807) is 0 Å². The summed E-state index contributed by atoms with van der Waals surface area (Å²) in [4.78, 5) is 0. The summed E-state index contributed by atoms with van der Waals surface area (Å²) in [5.74, 6) is 2.97. The number of benzene rings is 1. The van der Waals surface area contributed by atoms with Crippen molar-refractivity contribution < 1.29 is 5.11 Å². The number of aryl methyl sites for hydroxylation is 1. The first-order valence-electron chi connectivity index (χ1n) is 8.66. The number of anilines is 1. The highest BCUT2D eigenvalue weighted by Crippen LogP contribution is 2.61. The first kappa shape index (κ1) is 13.5. The first-order valence-corrected chi connectivity index (χ1v) is 8.66. The summed E-state index contributed by atoms with van der Waals surface area (Å²) in [7, 11) is 1.90. The molecule has 2 saturated carbocycles. The van der Waals surface area contributed by atoms with E-state index in [-0.39, 0.29) is 0 Å². The summed E-state index contributed by atoms with van der Waals surface area (Å²) in [6.45, 7) is 2.55. The van der Waals surface area contributed by atoms with Gasteiger partial charge in [-0.3, -0.25) is 0 Å². The lowest BCUT2D eigenvalue weighted by molar-refractivity contribution is 0.0598. The zero-order chi connectivity index (χ0) is 14.6. The third kappa shape index (κ3) is 1.91. The van der Waals surface area contributed by atoms with Gasteiger partial charge in [0.05, 0.1) is 5.69 Å². The lowest BCUT2D eigenvalue weighted by Gasteiger charge is -2.49. The van der Waals surface area contributed by atoms with Crippen LogP contribution in [-0.2, 0) is 6.42 Å². The van der Waals surface area contributed by atoms with Crippen LogP contribution in [0.5, 0.6) is 5.75 Å². The summed E-state index contributed by atoms with van der Waals surface area (Å²) in [6.07, 6.45) is 9.56. The maximum atomic E-state index is 10.1. The zero-order valence-corrected chi connectivity index (χ0v) is 13.3. The molecule has 2 N–H and O–H groups in total. The molecule has 114 valence electrons. The average molecular weight is 285 g/mol. The summed E-state index contributed by atoms with van der Waals surface area (Å²) in [5.41, 5.74) is 4.45. The Hall–Kier alpha value is -1.18. The van der Waals surface area contributed by atoms with Gasteiger partial charge in [0.2, 0.25) is 0 Å². The summed E-state index contributed by atoms with van der Waals surface area (Å²) < 4.78 is 0. The SMILES string of the molecule is CNc1cc2c(cc1O)CC[C@@H]1[C@@H]2CC[C@]2(C)CCC[C@@H]12. The van der Waals surface area contributed by atoms with Gasteiger partial charge in [-0.25, -0.2) is 0 Å². The molecule has 0 unspecified atom stereocenters. The predicted octanol–water partition coefficient (Wildman–Crippen LogP) is 4.68. The molecule has 1 aromatic rings. The lowest BCUT2D eigenvalue weighted by atomic mass is 9.56. The molecule has 21 heavy (non-hydrogen) atoms. The first-order chi connectivity index (χ1) is 10.1. The van der Waals surface area contributed by atoms with E-state index >= 15 is 0 Å². The molecule has 0 bridgehead atoms. The van der Waals surface area contributed by atoms with Crippen LogP contribution in [0, 0.1) is 17.3 Å². The Kier molecular flexibility index (Phi) is 2.99. The molecule has 2 heteroatoms. The molecule has 0 aromatic heterocycles. The molecule has 3 aliphatic carbocycles. The topological polar surface area (TPSA) is 32.3 Å². The molecular formula is C19H27NO. The third-order valence-corrected chi connectivity index (χ3v) is 6.89. The van der Waals surface area contributed by atoms with Crippen LogP contribution in [0.3, 0.4) is 0 Å². The maximum Gasteiger partial charge on any atom is 0.138 e. The number of aromatic hydroxyl groups is 1. The van der Waals surface area contributed by atoms with Crippen LogP contribution in [0.25, 0.3) is 0 Å². The number of hydrogen-bond donors (Lipinski definition) is 2. The summed E-state index contributed by atoms with van der Waals surface area (Å²) >= 11 is 0. The molecule has 2 nitrogen and oxygen atoms in total. The van der Waals surface area contributed by atoms with Crippen molar-refractivity contribution in [1.29, 1.82) is 0 Å². The fourth-order valence-electron chi connectivity index (χ4n) is 5.80. The number of fused-ring (bicyclic) bond motifs is 5. The van der Waals surface area contributed by atoms with Gasteiger partial charge in [-0.15, -0.1) is 0 Å². The Morgan fingerprint density at radius 3 is 2.86 bits per heavy atom. The van der Waals surface area contributed by atoms with Gasteiger partial charge >= 0.3 is 0 Å². The standard InChI is InChI=1S/C19H27NO/c1-19-8-3-4-16(19)14-6-5-12-10-18(21)17(20-2)11-15(12)13(14)7-9-19/h10-11,13-14,16,20-21H,3-9H2,1-2H3/t13-,14+,16-,19-/m0/s1. The Morgan fingerprint density at radius 2 is 2.05 bits per heavy atom. The Bertz CT molecular complexity index is 567. The molecule has 4 atom stereocenters. The minimum absolute atomic E-state index is 0.413. The van der Waals surface area contributed by atoms with Gasteiger partial charge in [-0.2, -0.15) is 0 Å². The van der Waals surface area contributed by atoms with Crippen molar-refractivity contribution in [3.05, 3.63) is 23.3 Å². The quantitative estimate of drug-likeness (QED) is 0.734. The van der Waals surface area contributed by atoms with Crippen molar-refractivity contribution in [2.24, 2.45) is 17.3 Å². The van der Waals surface area contributed by atoms with Gasteiger partial charge in [0.25, 0.3) is 0 Å². The Labute approximate surface area is 128 Å². The number of hydrogen-bond acceptors (Lipinski definition) is 2. The van der Waals surface area contributed by atoms with Gasteiger partial charge in [-0.1, -0.05) is 13.3 Å². The van der Waals surface area contributed by atoms with Crippen molar-refractivity contribution >= 4 is 5.69 Å². The number of phenols is 1. The van der Waals surface area contributed by atoms with Crippen molar-refractivity contribution in [2.75, 3.05) is 12.4 Å². The molecule has 2 fully saturated rings. The molecule has 0 spiro atoms. The molecule has 0 amide bonds. The molecular weight excluding hydrogens is 258 g/mol. The summed E-state index contributed by atoms with van der Waals surface area (Å²) in [6, 6.07) is 4.25. The largest absolute Gasteiger partial charge is 0.506 e. The average Bonchev–Trinajstić information content (AvgIpc) is 2.88. The number of phenolic OH excluding ortho intramolecular Hbond substituents is 1. The van der Waals surface area contributed by atoms with Gasteiger partial charge in [0, 0.05) is 7.05 Å². The van der Waals surface area contributed by atoms with Crippen molar-refractivity contribution in [3.63, 3.8) is 0 Å². The fourth-order valence-corrected chi connectivity index (χ4v) is 5.80. The van der Waals surface area contributed by atoms with Crippen LogP contribution in [0.2, 0.25) is 0 Å². The van der Waals surface area contributed by atoms with Crippen LogP contribution in [-0.4, -0.2) is 12.2 Å². The highest BCUT2D eigenvalue weighted by molar-refractivity contribution is 5.60. The monoisotopic (exact) mass is 285 g/mol. The lowest BCUT2D eigenvalue weighted by Crippen LogP contribution is -2.39. The highest BCUT2D eigenvalue weighted by Gasteiger charge is 2.50. The fraction of sp³-hybridized carbons (Fsp3) is 0.684. The second kappa shape index (κ2) is 4.66. The molecule has 0 heterocycles. The van der Waals surface area contributed by atoms with Gasteiger partial charge in [0.15, 0.2) is 0 Å². The predicted molar refractivity (Wildman–Crippen MR) is 86.9 cm³/mol. The van der Waals surface area contributed by atoms with E-state index in [0.717, 1.165) is 29.9 Å². The number of nitrogens with one attached hydrogen (secondary N) is 1. The molecule has 0 saturated heterocycles. The Balaban J connectivity index is 1.73. The van der Waals surface area contributed by atoms with Crippen LogP contribution >= 0.6 is 0 Å². The Morgan fingerprint density at radius 1 is 1.19 bits per heavy atom. The maximum absolute atomic E-state index is 10.1. The molecule has 0 radical (unpaired) electrons. The van der Waals surface area contributed by atoms with Gasteiger partial charge in [-0.05, 0) is 85.0 Å². The van der Waals surface area contributed by atoms with Gasteiger partial charge in [0.1, 0.15) is 5.75 Å². The molecule has 4 rings (SSSR count). The van der Waals surface area contributed by atoms with E-state index in [1.807, 2.05) is 13.1 Å². The van der Waals surface area contributed by atoms with Crippen LogP contribution < -0.4 is 5.32 Å². The van der Waals surface area contributed by atoms with Crippen molar-refractivity contribution in [3.8, 4) is 5.75 Å². The molecule has 0 aliphatic heterocycles. The third-order valence-electron chi connectivity index (χ3n) is 6.89. The normalized spacial score (nSPS) is 37.5. The minimum Gasteiger partial charge on any atom is -0.506 e. The highest BCUT2D eigenvalue weighted by atomic mass is 16.3. The van der Waals surface area contributed by atoms with E-state index < -0.39 is 0 Å². The summed E-state index contributed by atoms with van der Waals surface area (Å²) in [5, 5.41) is 13.2.